The van der Waals surface area contributed by atoms with Crippen LogP contribution in [0.25, 0.3) is 0 Å². The second-order valence-electron chi connectivity index (χ2n) is 5.10. The van der Waals surface area contributed by atoms with E-state index in [-0.39, 0.29) is 18.8 Å². The predicted octanol–water partition coefficient (Wildman–Crippen LogP) is 4.12. The van der Waals surface area contributed by atoms with Crippen molar-refractivity contribution in [2.75, 3.05) is 6.61 Å². The second-order valence-corrected chi connectivity index (χ2v) is 5.10. The molecule has 3 heteroatoms. The van der Waals surface area contributed by atoms with Crippen LogP contribution in [0.15, 0.2) is 18.2 Å². The van der Waals surface area contributed by atoms with Gasteiger partial charge in [0.25, 0.3) is 0 Å². The summed E-state index contributed by atoms with van der Waals surface area (Å²) in [7, 11) is 0. The highest BCUT2D eigenvalue weighted by Gasteiger charge is 2.39. The van der Waals surface area contributed by atoms with E-state index in [0.717, 1.165) is 16.9 Å². The first-order chi connectivity index (χ1) is 7.94. The van der Waals surface area contributed by atoms with Gasteiger partial charge in [0.2, 0.25) is 5.92 Å². The van der Waals surface area contributed by atoms with Gasteiger partial charge in [-0.05, 0) is 49.4 Å². The van der Waals surface area contributed by atoms with Crippen molar-refractivity contribution in [3.63, 3.8) is 0 Å². The second kappa shape index (κ2) is 4.63. The van der Waals surface area contributed by atoms with Crippen LogP contribution >= 0.6 is 0 Å². The van der Waals surface area contributed by atoms with E-state index >= 15 is 0 Å². The Labute approximate surface area is 101 Å². The molecule has 1 saturated carbocycles. The summed E-state index contributed by atoms with van der Waals surface area (Å²) in [4.78, 5) is 0. The molecule has 0 saturated heterocycles. The van der Waals surface area contributed by atoms with E-state index in [1.807, 2.05) is 26.0 Å². The average molecular weight is 240 g/mol. The average Bonchev–Trinajstić information content (AvgIpc) is 2.54. The minimum absolute atomic E-state index is 0.00781. The lowest BCUT2D eigenvalue weighted by molar-refractivity contribution is 0.00291. The number of halogens is 2. The molecule has 1 unspecified atom stereocenters. The third-order valence-corrected chi connectivity index (χ3v) is 3.19. The van der Waals surface area contributed by atoms with Gasteiger partial charge < -0.3 is 4.74 Å². The zero-order valence-corrected chi connectivity index (χ0v) is 10.3. The van der Waals surface area contributed by atoms with Gasteiger partial charge in [-0.15, -0.1) is 0 Å². The van der Waals surface area contributed by atoms with Crippen molar-refractivity contribution < 1.29 is 13.5 Å². The molecule has 2 rings (SSSR count). The van der Waals surface area contributed by atoms with E-state index in [4.69, 9.17) is 4.74 Å². The lowest BCUT2D eigenvalue weighted by Gasteiger charge is -2.13. The van der Waals surface area contributed by atoms with Crippen LogP contribution in [0.2, 0.25) is 0 Å². The normalized spacial score (nSPS) is 22.7. The van der Waals surface area contributed by atoms with Crippen molar-refractivity contribution in [1.82, 2.24) is 0 Å². The van der Waals surface area contributed by atoms with E-state index in [1.165, 1.54) is 0 Å². The molecule has 0 amide bonds. The van der Waals surface area contributed by atoms with Crippen molar-refractivity contribution in [2.24, 2.45) is 5.92 Å². The van der Waals surface area contributed by atoms with Crippen LogP contribution in [0.3, 0.4) is 0 Å². The van der Waals surface area contributed by atoms with E-state index in [1.54, 1.807) is 0 Å². The van der Waals surface area contributed by atoms with Gasteiger partial charge in [0.05, 0.1) is 6.61 Å². The molecule has 94 valence electrons. The molecule has 0 N–H and O–H groups in total. The number of ether oxygens (including phenoxy) is 1. The van der Waals surface area contributed by atoms with Gasteiger partial charge in [-0.25, -0.2) is 8.78 Å². The Kier molecular flexibility index (Phi) is 3.36. The molecule has 1 aliphatic carbocycles. The van der Waals surface area contributed by atoms with Crippen LogP contribution < -0.4 is 4.74 Å². The lowest BCUT2D eigenvalue weighted by Crippen LogP contribution is -2.13. The summed E-state index contributed by atoms with van der Waals surface area (Å²) in [6.07, 6.45) is 0.545. The largest absolute Gasteiger partial charge is 0.493 e. The molecule has 0 aromatic heterocycles. The summed E-state index contributed by atoms with van der Waals surface area (Å²) in [5.41, 5.74) is 2.27. The maximum absolute atomic E-state index is 13.0. The number of hydrogen-bond donors (Lipinski definition) is 0. The molecule has 0 heterocycles. The van der Waals surface area contributed by atoms with Crippen LogP contribution in [0, 0.1) is 19.8 Å². The summed E-state index contributed by atoms with van der Waals surface area (Å²) >= 11 is 0. The van der Waals surface area contributed by atoms with Crippen molar-refractivity contribution in [3.05, 3.63) is 29.3 Å². The van der Waals surface area contributed by atoms with E-state index in [9.17, 15) is 8.78 Å². The highest BCUT2D eigenvalue weighted by molar-refractivity contribution is 5.32. The van der Waals surface area contributed by atoms with Gasteiger partial charge in [-0.2, -0.15) is 0 Å². The number of aryl methyl sites for hydroxylation is 2. The zero-order valence-electron chi connectivity index (χ0n) is 10.3. The first kappa shape index (κ1) is 12.3. The number of alkyl halides is 2. The first-order valence-electron chi connectivity index (χ1n) is 6.03. The molecular formula is C14H18F2O. The van der Waals surface area contributed by atoms with Crippen LogP contribution in [0.4, 0.5) is 8.78 Å². The van der Waals surface area contributed by atoms with Crippen LogP contribution in [-0.4, -0.2) is 12.5 Å². The summed E-state index contributed by atoms with van der Waals surface area (Å²) in [6.45, 7) is 4.41. The fraction of sp³-hybridized carbons (Fsp3) is 0.571. The van der Waals surface area contributed by atoms with Gasteiger partial charge in [0.1, 0.15) is 5.75 Å². The highest BCUT2D eigenvalue weighted by atomic mass is 19.3. The molecule has 1 aromatic rings. The number of hydrogen-bond acceptors (Lipinski definition) is 1. The maximum atomic E-state index is 13.0. The molecule has 0 spiro atoms. The van der Waals surface area contributed by atoms with Crippen molar-refractivity contribution in [3.8, 4) is 5.75 Å². The Balaban J connectivity index is 1.90. The fourth-order valence-electron chi connectivity index (χ4n) is 2.41. The standard InChI is InChI=1S/C14H18F2O/c1-10-5-11(2)7-13(6-10)17-9-12-3-4-14(15,16)8-12/h5-7,12H,3-4,8-9H2,1-2H3. The van der Waals surface area contributed by atoms with Gasteiger partial charge in [0, 0.05) is 12.8 Å². The molecule has 0 radical (unpaired) electrons. The molecule has 1 atom stereocenters. The SMILES string of the molecule is Cc1cc(C)cc(OCC2CCC(F)(F)C2)c1. The first-order valence-corrected chi connectivity index (χ1v) is 6.03. The maximum Gasteiger partial charge on any atom is 0.248 e. The monoisotopic (exact) mass is 240 g/mol. The molecule has 0 bridgehead atoms. The lowest BCUT2D eigenvalue weighted by atomic mass is 10.1. The third-order valence-electron chi connectivity index (χ3n) is 3.19. The minimum atomic E-state index is -2.48. The van der Waals surface area contributed by atoms with Gasteiger partial charge >= 0.3 is 0 Å². The third kappa shape index (κ3) is 3.42. The smallest absolute Gasteiger partial charge is 0.248 e. The Bertz CT molecular complexity index is 381. The Morgan fingerprint density at radius 3 is 2.41 bits per heavy atom. The minimum Gasteiger partial charge on any atom is -0.493 e. The molecule has 1 nitrogen and oxygen atoms in total. The highest BCUT2D eigenvalue weighted by Crippen LogP contribution is 2.38. The fourth-order valence-corrected chi connectivity index (χ4v) is 2.41. The van der Waals surface area contributed by atoms with Crippen LogP contribution in [0.5, 0.6) is 5.75 Å². The van der Waals surface area contributed by atoms with Gasteiger partial charge in [0.15, 0.2) is 0 Å². The van der Waals surface area contributed by atoms with E-state index in [2.05, 4.69) is 6.07 Å². The van der Waals surface area contributed by atoms with Crippen molar-refractivity contribution in [2.45, 2.75) is 39.0 Å². The summed E-state index contributed by atoms with van der Waals surface area (Å²) < 4.78 is 31.6. The van der Waals surface area contributed by atoms with E-state index < -0.39 is 5.92 Å². The molecule has 17 heavy (non-hydrogen) atoms. The summed E-state index contributed by atoms with van der Waals surface area (Å²) in [5, 5.41) is 0. The predicted molar refractivity (Wildman–Crippen MR) is 63.7 cm³/mol. The molecule has 1 aliphatic rings. The summed E-state index contributed by atoms with van der Waals surface area (Å²) in [6, 6.07) is 5.96. The Hall–Kier alpha value is -1.12. The number of rotatable bonds is 3. The molecular weight excluding hydrogens is 222 g/mol. The molecule has 1 fully saturated rings. The molecule has 1 aromatic carbocycles. The topological polar surface area (TPSA) is 9.23 Å². The van der Waals surface area contributed by atoms with Gasteiger partial charge in [-0.3, -0.25) is 0 Å². The van der Waals surface area contributed by atoms with Crippen molar-refractivity contribution in [1.29, 1.82) is 0 Å². The van der Waals surface area contributed by atoms with Crippen LogP contribution in [-0.2, 0) is 0 Å². The Morgan fingerprint density at radius 1 is 1.24 bits per heavy atom. The molecule has 0 aliphatic heterocycles. The van der Waals surface area contributed by atoms with Crippen LogP contribution in [0.1, 0.15) is 30.4 Å². The Morgan fingerprint density at radius 2 is 1.88 bits per heavy atom. The van der Waals surface area contributed by atoms with Crippen molar-refractivity contribution >= 4 is 0 Å². The quantitative estimate of drug-likeness (QED) is 0.772. The number of benzene rings is 1. The summed E-state index contributed by atoms with van der Waals surface area (Å²) in [5.74, 6) is -1.69. The zero-order chi connectivity index (χ0) is 12.5. The van der Waals surface area contributed by atoms with E-state index in [0.29, 0.717) is 13.0 Å². The van der Waals surface area contributed by atoms with Gasteiger partial charge in [-0.1, -0.05) is 6.07 Å².